The number of methoxy groups -OCH3 is 2. The largest absolute Gasteiger partial charge is 0.493 e. The second-order valence-electron chi connectivity index (χ2n) is 5.12. The van der Waals surface area contributed by atoms with Crippen molar-refractivity contribution in [2.75, 3.05) is 32.7 Å². The molecule has 0 radical (unpaired) electrons. The van der Waals surface area contributed by atoms with E-state index in [0.29, 0.717) is 24.2 Å². The van der Waals surface area contributed by atoms with Gasteiger partial charge in [-0.15, -0.1) is 0 Å². The Morgan fingerprint density at radius 1 is 1.23 bits per heavy atom. The van der Waals surface area contributed by atoms with E-state index >= 15 is 0 Å². The van der Waals surface area contributed by atoms with Crippen molar-refractivity contribution in [2.45, 2.75) is 6.42 Å². The number of benzene rings is 1. The fourth-order valence-corrected chi connectivity index (χ4v) is 2.59. The van der Waals surface area contributed by atoms with E-state index in [-0.39, 0.29) is 0 Å². The second kappa shape index (κ2) is 6.51. The summed E-state index contributed by atoms with van der Waals surface area (Å²) >= 11 is 0. The number of hydrogen-bond acceptors (Lipinski definition) is 6. The van der Waals surface area contributed by atoms with Crippen LogP contribution in [-0.4, -0.2) is 37.3 Å². The van der Waals surface area contributed by atoms with Crippen LogP contribution in [0, 0.1) is 5.92 Å². The van der Waals surface area contributed by atoms with E-state index < -0.39 is 0 Å². The Bertz CT molecular complexity index is 648. The summed E-state index contributed by atoms with van der Waals surface area (Å²) in [5, 5.41) is 3.28. The van der Waals surface area contributed by atoms with Gasteiger partial charge in [-0.25, -0.2) is 9.97 Å². The van der Waals surface area contributed by atoms with Crippen LogP contribution in [0.2, 0.25) is 0 Å². The highest BCUT2D eigenvalue weighted by atomic mass is 16.5. The smallest absolute Gasteiger partial charge is 0.257 e. The second-order valence-corrected chi connectivity index (χ2v) is 5.12. The molecule has 0 aliphatic carbocycles. The maximum Gasteiger partial charge on any atom is 0.257 e. The molecule has 0 fully saturated rings. The minimum absolute atomic E-state index is 0.353. The third kappa shape index (κ3) is 2.90. The number of para-hydroxylation sites is 1. The molecule has 0 spiro atoms. The lowest BCUT2D eigenvalue weighted by Crippen LogP contribution is -2.27. The lowest BCUT2D eigenvalue weighted by Gasteiger charge is -2.26. The van der Waals surface area contributed by atoms with Crippen molar-refractivity contribution in [3.05, 3.63) is 36.2 Å². The van der Waals surface area contributed by atoms with Crippen LogP contribution in [0.5, 0.6) is 17.4 Å². The number of hydrogen-bond donors (Lipinski definition) is 1. The number of fused-ring (bicyclic) bond motifs is 1. The van der Waals surface area contributed by atoms with Crippen molar-refractivity contribution in [2.24, 2.45) is 5.92 Å². The maximum absolute atomic E-state index is 5.87. The average Bonchev–Trinajstić information content (AvgIpc) is 2.59. The molecule has 1 N–H and O–H groups in total. The van der Waals surface area contributed by atoms with Gasteiger partial charge in [-0.3, -0.25) is 0 Å². The van der Waals surface area contributed by atoms with Gasteiger partial charge in [0.25, 0.3) is 5.88 Å². The molecular formula is C16H19N3O3. The summed E-state index contributed by atoms with van der Waals surface area (Å²) in [7, 11) is 3.24. The normalized spacial score (nSPS) is 16.4. The standard InChI is InChI=1S/C16H19N3O3/c1-20-13-5-3-4-12-8-11(10-22-14(12)13)9-19-15-16(21-2)18-7-6-17-15/h3-7,11H,8-10H2,1-2H3,(H,17,19)/t11-/m1/s1. The molecule has 1 aliphatic heterocycles. The molecule has 116 valence electrons. The van der Waals surface area contributed by atoms with E-state index in [2.05, 4.69) is 21.4 Å². The fourth-order valence-electron chi connectivity index (χ4n) is 2.59. The topological polar surface area (TPSA) is 65.5 Å². The highest BCUT2D eigenvalue weighted by molar-refractivity contribution is 5.48. The van der Waals surface area contributed by atoms with Crippen molar-refractivity contribution in [3.8, 4) is 17.4 Å². The van der Waals surface area contributed by atoms with Crippen LogP contribution in [0.3, 0.4) is 0 Å². The Labute approximate surface area is 129 Å². The predicted molar refractivity (Wildman–Crippen MR) is 82.8 cm³/mol. The molecule has 2 aromatic rings. The van der Waals surface area contributed by atoms with Crippen molar-refractivity contribution in [1.29, 1.82) is 0 Å². The first-order valence-corrected chi connectivity index (χ1v) is 7.19. The molecule has 0 bridgehead atoms. The molecular weight excluding hydrogens is 282 g/mol. The van der Waals surface area contributed by atoms with Gasteiger partial charge in [0.2, 0.25) is 0 Å². The predicted octanol–water partition coefficient (Wildman–Crippen LogP) is 2.16. The third-order valence-corrected chi connectivity index (χ3v) is 3.67. The Hall–Kier alpha value is -2.50. The van der Waals surface area contributed by atoms with E-state index in [0.717, 1.165) is 24.5 Å². The SMILES string of the molecule is COc1cccc2c1OC[C@@H](CNc1nccnc1OC)C2. The van der Waals surface area contributed by atoms with E-state index in [1.165, 1.54) is 5.56 Å². The molecule has 2 heterocycles. The third-order valence-electron chi connectivity index (χ3n) is 3.67. The number of aromatic nitrogens is 2. The molecule has 1 aliphatic rings. The summed E-state index contributed by atoms with van der Waals surface area (Å²) < 4.78 is 16.4. The Morgan fingerprint density at radius 2 is 2.09 bits per heavy atom. The van der Waals surface area contributed by atoms with Gasteiger partial charge in [-0.2, -0.15) is 0 Å². The van der Waals surface area contributed by atoms with Crippen molar-refractivity contribution in [3.63, 3.8) is 0 Å². The Morgan fingerprint density at radius 3 is 2.91 bits per heavy atom. The molecule has 0 unspecified atom stereocenters. The van der Waals surface area contributed by atoms with E-state index in [4.69, 9.17) is 14.2 Å². The zero-order chi connectivity index (χ0) is 15.4. The van der Waals surface area contributed by atoms with Crippen LogP contribution >= 0.6 is 0 Å². The summed E-state index contributed by atoms with van der Waals surface area (Å²) in [4.78, 5) is 8.37. The molecule has 22 heavy (non-hydrogen) atoms. The van der Waals surface area contributed by atoms with Gasteiger partial charge in [-0.05, 0) is 18.1 Å². The van der Waals surface area contributed by atoms with Crippen LogP contribution in [0.15, 0.2) is 30.6 Å². The van der Waals surface area contributed by atoms with Crippen LogP contribution < -0.4 is 19.5 Å². The number of nitrogens with one attached hydrogen (secondary N) is 1. The van der Waals surface area contributed by atoms with Crippen molar-refractivity contribution in [1.82, 2.24) is 9.97 Å². The summed E-state index contributed by atoms with van der Waals surface area (Å²) in [5.74, 6) is 3.16. The highest BCUT2D eigenvalue weighted by Crippen LogP contribution is 2.36. The molecule has 1 aromatic carbocycles. The van der Waals surface area contributed by atoms with E-state index in [9.17, 15) is 0 Å². The summed E-state index contributed by atoms with van der Waals surface area (Å²) in [6.07, 6.45) is 4.18. The summed E-state index contributed by atoms with van der Waals surface area (Å²) in [5.41, 5.74) is 1.17. The summed E-state index contributed by atoms with van der Waals surface area (Å²) in [6, 6.07) is 5.98. The Balaban J connectivity index is 1.66. The molecule has 3 rings (SSSR count). The minimum Gasteiger partial charge on any atom is -0.493 e. The maximum atomic E-state index is 5.87. The number of nitrogens with zero attached hydrogens (tertiary/aromatic N) is 2. The number of ether oxygens (including phenoxy) is 3. The van der Waals surface area contributed by atoms with Gasteiger partial charge in [0.05, 0.1) is 20.8 Å². The Kier molecular flexibility index (Phi) is 4.27. The van der Waals surface area contributed by atoms with Crippen LogP contribution in [0.1, 0.15) is 5.56 Å². The zero-order valence-corrected chi connectivity index (χ0v) is 12.7. The number of anilines is 1. The average molecular weight is 301 g/mol. The molecule has 6 heteroatoms. The molecule has 1 atom stereocenters. The molecule has 0 saturated carbocycles. The lowest BCUT2D eigenvalue weighted by atomic mass is 9.96. The van der Waals surface area contributed by atoms with Crippen LogP contribution in [-0.2, 0) is 6.42 Å². The first-order chi connectivity index (χ1) is 10.8. The van der Waals surface area contributed by atoms with Gasteiger partial charge in [0.15, 0.2) is 17.3 Å². The monoisotopic (exact) mass is 301 g/mol. The highest BCUT2D eigenvalue weighted by Gasteiger charge is 2.23. The van der Waals surface area contributed by atoms with Crippen molar-refractivity contribution < 1.29 is 14.2 Å². The molecule has 1 aromatic heterocycles. The van der Waals surface area contributed by atoms with Crippen LogP contribution in [0.25, 0.3) is 0 Å². The van der Waals surface area contributed by atoms with Gasteiger partial charge < -0.3 is 19.5 Å². The van der Waals surface area contributed by atoms with Gasteiger partial charge >= 0.3 is 0 Å². The van der Waals surface area contributed by atoms with E-state index in [1.807, 2.05) is 12.1 Å². The van der Waals surface area contributed by atoms with E-state index in [1.54, 1.807) is 26.6 Å². The van der Waals surface area contributed by atoms with Crippen LogP contribution in [0.4, 0.5) is 5.82 Å². The molecule has 6 nitrogen and oxygen atoms in total. The van der Waals surface area contributed by atoms with Crippen molar-refractivity contribution >= 4 is 5.82 Å². The minimum atomic E-state index is 0.353. The lowest BCUT2D eigenvalue weighted by molar-refractivity contribution is 0.218. The zero-order valence-electron chi connectivity index (χ0n) is 12.7. The molecule has 0 saturated heterocycles. The van der Waals surface area contributed by atoms with Gasteiger partial charge in [0, 0.05) is 24.9 Å². The molecule has 0 amide bonds. The fraction of sp³-hybridized carbons (Fsp3) is 0.375. The first-order valence-electron chi connectivity index (χ1n) is 7.19. The quantitative estimate of drug-likeness (QED) is 0.913. The summed E-state index contributed by atoms with van der Waals surface area (Å²) in [6.45, 7) is 1.38. The van der Waals surface area contributed by atoms with Gasteiger partial charge in [-0.1, -0.05) is 12.1 Å². The first kappa shape index (κ1) is 14.4. The number of rotatable bonds is 5. The van der Waals surface area contributed by atoms with Gasteiger partial charge in [0.1, 0.15) is 0 Å².